The van der Waals surface area contributed by atoms with Crippen molar-refractivity contribution in [2.24, 2.45) is 11.5 Å². The maximum atomic E-state index is 11.2. The van der Waals surface area contributed by atoms with Crippen molar-refractivity contribution >= 4 is 5.91 Å². The highest BCUT2D eigenvalue weighted by atomic mass is 16.2. The Morgan fingerprint density at radius 1 is 1.54 bits per heavy atom. The fraction of sp³-hybridized carbons (Fsp3) is 0.667. The Balaban J connectivity index is 3.44. The molecule has 0 aliphatic rings. The predicted molar refractivity (Wildman–Crippen MR) is 54.1 cm³/mol. The Labute approximate surface area is 79.4 Å². The van der Waals surface area contributed by atoms with E-state index in [2.05, 4.69) is 11.9 Å². The van der Waals surface area contributed by atoms with Crippen LogP contribution in [0.1, 0.15) is 19.3 Å². The fourth-order valence-electron chi connectivity index (χ4n) is 0.899. The average molecular weight is 185 g/mol. The number of nitrogens with one attached hydrogen (secondary N) is 1. The van der Waals surface area contributed by atoms with E-state index < -0.39 is 6.04 Å². The first kappa shape index (κ1) is 12.1. The van der Waals surface area contributed by atoms with Gasteiger partial charge in [0.1, 0.15) is 0 Å². The third-order valence-electron chi connectivity index (χ3n) is 1.69. The molecule has 0 aliphatic carbocycles. The summed E-state index contributed by atoms with van der Waals surface area (Å²) < 4.78 is 0. The van der Waals surface area contributed by atoms with Crippen LogP contribution in [0, 0.1) is 0 Å². The van der Waals surface area contributed by atoms with Crippen LogP contribution in [0.5, 0.6) is 0 Å². The van der Waals surface area contributed by atoms with Crippen LogP contribution >= 0.6 is 0 Å². The zero-order valence-corrected chi connectivity index (χ0v) is 7.96. The Morgan fingerprint density at radius 3 is 2.77 bits per heavy atom. The highest BCUT2D eigenvalue weighted by Gasteiger charge is 2.09. The van der Waals surface area contributed by atoms with Crippen molar-refractivity contribution in [2.45, 2.75) is 25.3 Å². The van der Waals surface area contributed by atoms with E-state index >= 15 is 0 Å². The summed E-state index contributed by atoms with van der Waals surface area (Å²) in [6.07, 6.45) is 3.99. The fourth-order valence-corrected chi connectivity index (χ4v) is 0.899. The molecular formula is C9H19N3O. The first-order valence-corrected chi connectivity index (χ1v) is 4.56. The molecule has 0 aromatic rings. The molecule has 1 amide bonds. The van der Waals surface area contributed by atoms with Crippen LogP contribution in [-0.2, 0) is 4.79 Å². The smallest absolute Gasteiger partial charge is 0.237 e. The van der Waals surface area contributed by atoms with Crippen LogP contribution in [0.15, 0.2) is 12.7 Å². The topological polar surface area (TPSA) is 81.1 Å². The first-order valence-electron chi connectivity index (χ1n) is 4.56. The van der Waals surface area contributed by atoms with Crippen molar-refractivity contribution in [1.29, 1.82) is 0 Å². The lowest BCUT2D eigenvalue weighted by Gasteiger charge is -2.09. The summed E-state index contributed by atoms with van der Waals surface area (Å²) in [5.41, 5.74) is 10.8. The summed E-state index contributed by atoms with van der Waals surface area (Å²) in [5, 5.41) is 2.73. The minimum atomic E-state index is -0.463. The molecule has 1 atom stereocenters. The van der Waals surface area contributed by atoms with Crippen LogP contribution in [0.4, 0.5) is 0 Å². The van der Waals surface area contributed by atoms with Gasteiger partial charge in [-0.15, -0.1) is 6.58 Å². The molecule has 0 aliphatic heterocycles. The van der Waals surface area contributed by atoms with Gasteiger partial charge in [0.2, 0.25) is 5.91 Å². The van der Waals surface area contributed by atoms with Gasteiger partial charge in [-0.2, -0.15) is 0 Å². The van der Waals surface area contributed by atoms with E-state index in [0.717, 1.165) is 12.8 Å². The summed E-state index contributed by atoms with van der Waals surface area (Å²) in [4.78, 5) is 11.2. The molecule has 0 saturated heterocycles. The van der Waals surface area contributed by atoms with Crippen molar-refractivity contribution in [2.75, 3.05) is 13.1 Å². The molecule has 13 heavy (non-hydrogen) atoms. The number of rotatable bonds is 7. The number of nitrogens with two attached hydrogens (primary N) is 2. The molecule has 0 saturated carbocycles. The highest BCUT2D eigenvalue weighted by molar-refractivity contribution is 5.81. The number of unbranched alkanes of at least 4 members (excludes halogenated alkanes) is 1. The van der Waals surface area contributed by atoms with Crippen LogP contribution in [0.3, 0.4) is 0 Å². The lowest BCUT2D eigenvalue weighted by molar-refractivity contribution is -0.122. The molecule has 76 valence electrons. The standard InChI is InChI=1S/C9H19N3O/c1-2-5-8(11)9(13)12-7-4-3-6-10/h2,8H,1,3-7,10-11H2,(H,12,13). The van der Waals surface area contributed by atoms with E-state index in [1.165, 1.54) is 0 Å². The summed E-state index contributed by atoms with van der Waals surface area (Å²) in [6, 6.07) is -0.463. The molecular weight excluding hydrogens is 166 g/mol. The number of amides is 1. The quantitative estimate of drug-likeness (QED) is 0.378. The van der Waals surface area contributed by atoms with Gasteiger partial charge in [0.05, 0.1) is 6.04 Å². The van der Waals surface area contributed by atoms with Gasteiger partial charge in [-0.05, 0) is 25.8 Å². The van der Waals surface area contributed by atoms with E-state index in [1.54, 1.807) is 6.08 Å². The zero-order chi connectivity index (χ0) is 10.1. The van der Waals surface area contributed by atoms with Gasteiger partial charge in [-0.3, -0.25) is 4.79 Å². The second-order valence-electron chi connectivity index (χ2n) is 2.92. The lowest BCUT2D eigenvalue weighted by atomic mass is 10.2. The summed E-state index contributed by atoms with van der Waals surface area (Å²) in [7, 11) is 0. The van der Waals surface area contributed by atoms with Crippen molar-refractivity contribution in [3.8, 4) is 0 Å². The molecule has 0 aromatic heterocycles. The second kappa shape index (κ2) is 7.76. The molecule has 4 heteroatoms. The van der Waals surface area contributed by atoms with E-state index in [1.807, 2.05) is 0 Å². The Hall–Kier alpha value is -0.870. The Bertz CT molecular complexity index is 159. The Morgan fingerprint density at radius 2 is 2.23 bits per heavy atom. The summed E-state index contributed by atoms with van der Waals surface area (Å²) >= 11 is 0. The van der Waals surface area contributed by atoms with Crippen molar-refractivity contribution < 1.29 is 4.79 Å². The van der Waals surface area contributed by atoms with Crippen LogP contribution < -0.4 is 16.8 Å². The second-order valence-corrected chi connectivity index (χ2v) is 2.92. The average Bonchev–Trinajstić information content (AvgIpc) is 2.12. The molecule has 0 fully saturated rings. The van der Waals surface area contributed by atoms with Gasteiger partial charge in [0.15, 0.2) is 0 Å². The van der Waals surface area contributed by atoms with Crippen molar-refractivity contribution in [3.05, 3.63) is 12.7 Å². The maximum absolute atomic E-state index is 11.2. The molecule has 0 spiro atoms. The summed E-state index contributed by atoms with van der Waals surface area (Å²) in [5.74, 6) is -0.114. The number of carbonyl (C=O) groups is 1. The largest absolute Gasteiger partial charge is 0.355 e. The van der Waals surface area contributed by atoms with Crippen molar-refractivity contribution in [3.63, 3.8) is 0 Å². The number of hydrogen-bond acceptors (Lipinski definition) is 3. The zero-order valence-electron chi connectivity index (χ0n) is 7.96. The molecule has 0 heterocycles. The molecule has 1 unspecified atom stereocenters. The third kappa shape index (κ3) is 6.31. The van der Waals surface area contributed by atoms with Crippen molar-refractivity contribution in [1.82, 2.24) is 5.32 Å². The van der Waals surface area contributed by atoms with Gasteiger partial charge < -0.3 is 16.8 Å². The molecule has 0 bridgehead atoms. The molecule has 5 N–H and O–H groups in total. The number of hydrogen-bond donors (Lipinski definition) is 3. The van der Waals surface area contributed by atoms with Gasteiger partial charge >= 0.3 is 0 Å². The molecule has 0 radical (unpaired) electrons. The number of carbonyl (C=O) groups excluding carboxylic acids is 1. The minimum Gasteiger partial charge on any atom is -0.355 e. The lowest BCUT2D eigenvalue weighted by Crippen LogP contribution is -2.40. The monoisotopic (exact) mass is 185 g/mol. The normalized spacial score (nSPS) is 12.2. The van der Waals surface area contributed by atoms with E-state index in [-0.39, 0.29) is 5.91 Å². The minimum absolute atomic E-state index is 0.114. The SMILES string of the molecule is C=CCC(N)C(=O)NCCCCN. The van der Waals surface area contributed by atoms with Gasteiger partial charge in [-0.1, -0.05) is 6.08 Å². The maximum Gasteiger partial charge on any atom is 0.237 e. The van der Waals surface area contributed by atoms with Crippen LogP contribution in [0.25, 0.3) is 0 Å². The Kier molecular flexibility index (Phi) is 7.24. The van der Waals surface area contributed by atoms with Gasteiger partial charge in [0, 0.05) is 6.54 Å². The molecule has 0 rings (SSSR count). The third-order valence-corrected chi connectivity index (χ3v) is 1.69. The van der Waals surface area contributed by atoms with Crippen LogP contribution in [0.2, 0.25) is 0 Å². The van der Waals surface area contributed by atoms with Gasteiger partial charge in [-0.25, -0.2) is 0 Å². The first-order chi connectivity index (χ1) is 6.22. The van der Waals surface area contributed by atoms with E-state index in [0.29, 0.717) is 19.5 Å². The molecule has 4 nitrogen and oxygen atoms in total. The highest BCUT2D eigenvalue weighted by Crippen LogP contribution is 1.89. The van der Waals surface area contributed by atoms with E-state index in [4.69, 9.17) is 11.5 Å². The van der Waals surface area contributed by atoms with Gasteiger partial charge in [0.25, 0.3) is 0 Å². The molecule has 0 aromatic carbocycles. The van der Waals surface area contributed by atoms with Crippen LogP contribution in [-0.4, -0.2) is 25.0 Å². The summed E-state index contributed by atoms with van der Waals surface area (Å²) in [6.45, 7) is 4.83. The van der Waals surface area contributed by atoms with E-state index in [9.17, 15) is 4.79 Å². The predicted octanol–water partition coefficient (Wildman–Crippen LogP) is -0.255.